The summed E-state index contributed by atoms with van der Waals surface area (Å²) in [5, 5.41) is 0. The first-order valence-corrected chi connectivity index (χ1v) is 11.9. The van der Waals surface area contributed by atoms with Crippen LogP contribution in [0.5, 0.6) is 0 Å². The van der Waals surface area contributed by atoms with Crippen LogP contribution >= 0.6 is 11.8 Å². The molecule has 1 aromatic rings. The number of ether oxygens (including phenoxy) is 1. The van der Waals surface area contributed by atoms with E-state index in [-0.39, 0.29) is 35.3 Å². The Morgan fingerprint density at radius 3 is 2.23 bits per heavy atom. The maximum absolute atomic E-state index is 12.3. The summed E-state index contributed by atoms with van der Waals surface area (Å²) in [4.78, 5) is 36.9. The number of benzene rings is 1. The average Bonchev–Trinajstić information content (AvgIpc) is 2.68. The van der Waals surface area contributed by atoms with Crippen LogP contribution in [0.25, 0.3) is 0 Å². The summed E-state index contributed by atoms with van der Waals surface area (Å²) in [6, 6.07) is 9.57. The van der Waals surface area contributed by atoms with Gasteiger partial charge in [0.1, 0.15) is 11.7 Å². The third kappa shape index (κ3) is 7.51. The van der Waals surface area contributed by atoms with E-state index in [1.807, 2.05) is 44.2 Å². The van der Waals surface area contributed by atoms with Crippen molar-refractivity contribution in [2.45, 2.75) is 83.6 Å². The Kier molecular flexibility index (Phi) is 8.59. The van der Waals surface area contributed by atoms with Gasteiger partial charge in [-0.3, -0.25) is 14.6 Å². The number of carbonyl (C=O) groups is 2. The molecule has 0 saturated carbocycles. The number of hydrogen-bond donors (Lipinski definition) is 0. The van der Waals surface area contributed by atoms with Gasteiger partial charge in [0.25, 0.3) is 0 Å². The topological polar surface area (TPSA) is 65.1 Å². The molecule has 1 aromatic carbocycles. The minimum Gasteiger partial charge on any atom is -0.462 e. The van der Waals surface area contributed by atoms with E-state index in [1.165, 1.54) is 11.8 Å². The molecule has 1 saturated heterocycles. The zero-order valence-electron chi connectivity index (χ0n) is 19.9. The number of hydrogen-bond acceptors (Lipinski definition) is 7. The minimum absolute atomic E-state index is 0.0306. The highest BCUT2D eigenvalue weighted by Gasteiger charge is 2.44. The lowest BCUT2D eigenvalue weighted by Crippen LogP contribution is -2.60. The zero-order valence-corrected chi connectivity index (χ0v) is 20.7. The van der Waals surface area contributed by atoms with E-state index in [9.17, 15) is 9.59 Å². The van der Waals surface area contributed by atoms with Gasteiger partial charge in [0, 0.05) is 29.7 Å². The lowest BCUT2D eigenvalue weighted by Gasteiger charge is -2.53. The lowest BCUT2D eigenvalue weighted by molar-refractivity contribution is -0.329. The van der Waals surface area contributed by atoms with Gasteiger partial charge in [-0.05, 0) is 54.2 Å². The van der Waals surface area contributed by atoms with Crippen molar-refractivity contribution < 1.29 is 24.1 Å². The molecule has 1 fully saturated rings. The molecule has 0 amide bonds. The van der Waals surface area contributed by atoms with Gasteiger partial charge in [0.15, 0.2) is 0 Å². The molecule has 1 aliphatic heterocycles. The quantitative estimate of drug-likeness (QED) is 0.233. The van der Waals surface area contributed by atoms with Crippen LogP contribution in [0, 0.1) is 0 Å². The molecule has 31 heavy (non-hydrogen) atoms. The van der Waals surface area contributed by atoms with Crippen molar-refractivity contribution in [1.29, 1.82) is 0 Å². The number of esters is 1. The summed E-state index contributed by atoms with van der Waals surface area (Å²) in [6.07, 6.45) is 1.69. The fourth-order valence-electron chi connectivity index (χ4n) is 3.97. The van der Waals surface area contributed by atoms with Crippen molar-refractivity contribution in [3.8, 4) is 0 Å². The normalized spacial score (nSPS) is 19.1. The number of thioether (sulfide) groups is 1. The molecule has 7 heteroatoms. The van der Waals surface area contributed by atoms with Crippen LogP contribution in [0.2, 0.25) is 0 Å². The second-order valence-electron chi connectivity index (χ2n) is 9.92. The first kappa shape index (κ1) is 25.7. The fraction of sp³-hybridized carbons (Fsp3) is 0.667. The van der Waals surface area contributed by atoms with E-state index in [2.05, 4.69) is 39.6 Å². The molecule has 2 rings (SSSR count). The highest BCUT2D eigenvalue weighted by Crippen LogP contribution is 2.38. The smallest absolute Gasteiger partial charge is 0.343 e. The molecule has 174 valence electrons. The summed E-state index contributed by atoms with van der Waals surface area (Å²) in [5.74, 6) is -0.00531. The van der Waals surface area contributed by atoms with Gasteiger partial charge >= 0.3 is 11.9 Å². The predicted molar refractivity (Wildman–Crippen MR) is 124 cm³/mol. The third-order valence-electron chi connectivity index (χ3n) is 6.05. The predicted octanol–water partition coefficient (Wildman–Crippen LogP) is 4.71. The summed E-state index contributed by atoms with van der Waals surface area (Å²) in [5.41, 5.74) is 0.123. The molecule has 0 aliphatic carbocycles. The highest BCUT2D eigenvalue weighted by molar-refractivity contribution is 7.99. The molecule has 0 radical (unpaired) electrons. The van der Waals surface area contributed by atoms with Crippen molar-refractivity contribution in [1.82, 2.24) is 4.90 Å². The Balaban J connectivity index is 1.67. The highest BCUT2D eigenvalue weighted by atomic mass is 32.2. The molecule has 0 spiro atoms. The van der Waals surface area contributed by atoms with E-state index < -0.39 is 11.6 Å². The second kappa shape index (κ2) is 10.4. The standard InChI is InChI=1S/C24H37NO5S/c1-22(2)15-19(16-23(3,4)25(22)7)28-21(27)17-31-14-13-20(26)29-30-24(5,6)18-11-9-8-10-12-18/h8-12,19H,13-17H2,1-7H3. The van der Waals surface area contributed by atoms with Crippen LogP contribution in [-0.4, -0.2) is 52.6 Å². The number of carbonyl (C=O) groups excluding carboxylic acids is 2. The SMILES string of the molecule is CN1C(C)(C)CC(OC(=O)CSCCC(=O)OOC(C)(C)c2ccccc2)CC1(C)C. The largest absolute Gasteiger partial charge is 0.462 e. The molecular formula is C24H37NO5S. The van der Waals surface area contributed by atoms with Gasteiger partial charge in [-0.25, -0.2) is 4.79 Å². The number of piperidine rings is 1. The summed E-state index contributed by atoms with van der Waals surface area (Å²) >= 11 is 1.37. The van der Waals surface area contributed by atoms with Gasteiger partial charge in [-0.2, -0.15) is 4.89 Å². The Morgan fingerprint density at radius 1 is 1.06 bits per heavy atom. The lowest BCUT2D eigenvalue weighted by atomic mass is 9.79. The molecule has 0 unspecified atom stereocenters. The molecule has 1 heterocycles. The fourth-order valence-corrected chi connectivity index (χ4v) is 4.66. The first-order valence-electron chi connectivity index (χ1n) is 10.8. The monoisotopic (exact) mass is 451 g/mol. The van der Waals surface area contributed by atoms with Gasteiger partial charge in [0.05, 0.1) is 12.2 Å². The number of nitrogens with zero attached hydrogens (tertiary/aromatic N) is 1. The molecule has 0 atom stereocenters. The van der Waals surface area contributed by atoms with Gasteiger partial charge in [0.2, 0.25) is 0 Å². The maximum Gasteiger partial charge on any atom is 0.343 e. The van der Waals surface area contributed by atoms with E-state index in [0.717, 1.165) is 18.4 Å². The summed E-state index contributed by atoms with van der Waals surface area (Å²) < 4.78 is 5.73. The van der Waals surface area contributed by atoms with E-state index in [4.69, 9.17) is 14.5 Å². The van der Waals surface area contributed by atoms with Crippen LogP contribution in [0.1, 0.15) is 66.4 Å². The van der Waals surface area contributed by atoms with Crippen LogP contribution in [0.4, 0.5) is 0 Å². The number of rotatable bonds is 9. The Bertz CT molecular complexity index is 730. The molecular weight excluding hydrogens is 414 g/mol. The molecule has 0 aromatic heterocycles. The van der Waals surface area contributed by atoms with E-state index in [0.29, 0.717) is 5.75 Å². The van der Waals surface area contributed by atoms with E-state index in [1.54, 1.807) is 0 Å². The van der Waals surface area contributed by atoms with Crippen molar-refractivity contribution in [2.24, 2.45) is 0 Å². The van der Waals surface area contributed by atoms with E-state index >= 15 is 0 Å². The van der Waals surface area contributed by atoms with Gasteiger partial charge in [-0.1, -0.05) is 30.3 Å². The molecule has 1 aliphatic rings. The van der Waals surface area contributed by atoms with Crippen LogP contribution in [0.3, 0.4) is 0 Å². The maximum atomic E-state index is 12.3. The Labute approximate surface area is 190 Å². The second-order valence-corrected chi connectivity index (χ2v) is 11.0. The van der Waals surface area contributed by atoms with Crippen molar-refractivity contribution in [3.63, 3.8) is 0 Å². The van der Waals surface area contributed by atoms with Gasteiger partial charge < -0.3 is 4.74 Å². The molecule has 0 N–H and O–H groups in total. The Hall–Kier alpha value is -1.57. The first-order chi connectivity index (χ1) is 14.3. The Morgan fingerprint density at radius 2 is 1.65 bits per heavy atom. The molecule has 0 bridgehead atoms. The summed E-state index contributed by atoms with van der Waals surface area (Å²) in [7, 11) is 2.12. The van der Waals surface area contributed by atoms with Gasteiger partial charge in [-0.15, -0.1) is 11.8 Å². The van der Waals surface area contributed by atoms with Crippen molar-refractivity contribution in [3.05, 3.63) is 35.9 Å². The van der Waals surface area contributed by atoms with Crippen LogP contribution in [-0.2, 0) is 29.7 Å². The summed E-state index contributed by atoms with van der Waals surface area (Å²) in [6.45, 7) is 12.4. The van der Waals surface area contributed by atoms with Crippen molar-refractivity contribution in [2.75, 3.05) is 18.6 Å². The molecule has 6 nitrogen and oxygen atoms in total. The minimum atomic E-state index is -0.733. The van der Waals surface area contributed by atoms with Crippen LogP contribution < -0.4 is 0 Å². The van der Waals surface area contributed by atoms with Crippen LogP contribution in [0.15, 0.2) is 30.3 Å². The zero-order chi connectivity index (χ0) is 23.3. The third-order valence-corrected chi connectivity index (χ3v) is 6.98. The average molecular weight is 452 g/mol. The number of likely N-dealkylation sites (tertiary alicyclic amines) is 1. The van der Waals surface area contributed by atoms with Crippen molar-refractivity contribution >= 4 is 23.7 Å².